The number of carbonyl (C=O) groups excluding carboxylic acids is 1. The van der Waals surface area contributed by atoms with Crippen molar-refractivity contribution < 1.29 is 19.0 Å². The van der Waals surface area contributed by atoms with Gasteiger partial charge in [-0.3, -0.25) is 4.79 Å². The molecule has 6 heteroatoms. The standard InChI is InChI=1S/C24H24ClNO4/c1-28-20-10-7-17(8-11-20)13-14-26-24(27)18-9-12-22(29-2)19(15-18)16-30-23-6-4-3-5-21(23)25/h3-12,15H,13-14,16H2,1-2H3,(H,26,27). The van der Waals surface area contributed by atoms with Crippen molar-refractivity contribution in [3.8, 4) is 17.2 Å². The van der Waals surface area contributed by atoms with E-state index >= 15 is 0 Å². The van der Waals surface area contributed by atoms with Crippen LogP contribution in [-0.4, -0.2) is 26.7 Å². The molecular formula is C24H24ClNO4. The van der Waals surface area contributed by atoms with Gasteiger partial charge in [0, 0.05) is 17.7 Å². The highest BCUT2D eigenvalue weighted by atomic mass is 35.5. The van der Waals surface area contributed by atoms with Crippen molar-refractivity contribution in [1.29, 1.82) is 0 Å². The highest BCUT2D eigenvalue weighted by Gasteiger charge is 2.11. The van der Waals surface area contributed by atoms with E-state index in [-0.39, 0.29) is 12.5 Å². The molecule has 0 atom stereocenters. The molecule has 3 aromatic carbocycles. The molecular weight excluding hydrogens is 402 g/mol. The third-order valence-corrected chi connectivity index (χ3v) is 4.93. The van der Waals surface area contributed by atoms with Crippen LogP contribution in [0.4, 0.5) is 0 Å². The number of ether oxygens (including phenoxy) is 3. The first-order valence-corrected chi connectivity index (χ1v) is 9.94. The molecule has 0 fully saturated rings. The van der Waals surface area contributed by atoms with E-state index in [0.717, 1.165) is 23.3 Å². The number of nitrogens with one attached hydrogen (secondary N) is 1. The SMILES string of the molecule is COc1ccc(CCNC(=O)c2ccc(OC)c(COc3ccccc3Cl)c2)cc1. The van der Waals surface area contributed by atoms with Gasteiger partial charge < -0.3 is 19.5 Å². The van der Waals surface area contributed by atoms with Crippen LogP contribution in [0.5, 0.6) is 17.2 Å². The van der Waals surface area contributed by atoms with Crippen molar-refractivity contribution in [2.24, 2.45) is 0 Å². The van der Waals surface area contributed by atoms with Crippen molar-refractivity contribution in [2.45, 2.75) is 13.0 Å². The van der Waals surface area contributed by atoms with Crippen molar-refractivity contribution >= 4 is 17.5 Å². The van der Waals surface area contributed by atoms with Crippen molar-refractivity contribution in [1.82, 2.24) is 5.32 Å². The average Bonchev–Trinajstić information content (AvgIpc) is 2.78. The van der Waals surface area contributed by atoms with E-state index in [1.807, 2.05) is 36.4 Å². The molecule has 156 valence electrons. The van der Waals surface area contributed by atoms with Crippen LogP contribution in [0.15, 0.2) is 66.7 Å². The minimum absolute atomic E-state index is 0.148. The number of amides is 1. The van der Waals surface area contributed by atoms with E-state index in [1.54, 1.807) is 44.6 Å². The van der Waals surface area contributed by atoms with Crippen LogP contribution in [0.3, 0.4) is 0 Å². The second kappa shape index (κ2) is 10.6. The Labute approximate surface area is 181 Å². The van der Waals surface area contributed by atoms with Gasteiger partial charge in [-0.2, -0.15) is 0 Å². The molecule has 0 radical (unpaired) electrons. The Hall–Kier alpha value is -3.18. The molecule has 30 heavy (non-hydrogen) atoms. The number of carbonyl (C=O) groups is 1. The topological polar surface area (TPSA) is 56.8 Å². The molecule has 5 nitrogen and oxygen atoms in total. The number of para-hydroxylation sites is 1. The molecule has 1 amide bonds. The summed E-state index contributed by atoms with van der Waals surface area (Å²) in [5.41, 5.74) is 2.43. The maximum absolute atomic E-state index is 12.6. The molecule has 0 saturated heterocycles. The van der Waals surface area contributed by atoms with E-state index in [0.29, 0.717) is 28.6 Å². The summed E-state index contributed by atoms with van der Waals surface area (Å²) in [6.07, 6.45) is 0.731. The van der Waals surface area contributed by atoms with Gasteiger partial charge in [-0.25, -0.2) is 0 Å². The molecule has 0 heterocycles. The van der Waals surface area contributed by atoms with Crippen LogP contribution >= 0.6 is 11.6 Å². The van der Waals surface area contributed by atoms with Gasteiger partial charge in [0.15, 0.2) is 0 Å². The van der Waals surface area contributed by atoms with Crippen LogP contribution in [0, 0.1) is 0 Å². The summed E-state index contributed by atoms with van der Waals surface area (Å²) in [5, 5.41) is 3.48. The predicted octanol–water partition coefficient (Wildman–Crippen LogP) is 4.91. The summed E-state index contributed by atoms with van der Waals surface area (Å²) in [4.78, 5) is 12.6. The van der Waals surface area contributed by atoms with Gasteiger partial charge in [0.05, 0.1) is 19.2 Å². The van der Waals surface area contributed by atoms with E-state index in [4.69, 9.17) is 25.8 Å². The van der Waals surface area contributed by atoms with Gasteiger partial charge in [-0.05, 0) is 54.4 Å². The first kappa shape index (κ1) is 21.5. The molecule has 0 saturated carbocycles. The van der Waals surface area contributed by atoms with Crippen LogP contribution in [-0.2, 0) is 13.0 Å². The Bertz CT molecular complexity index is 989. The minimum Gasteiger partial charge on any atom is -0.497 e. The Morgan fingerprint density at radius 2 is 1.70 bits per heavy atom. The lowest BCUT2D eigenvalue weighted by Crippen LogP contribution is -2.25. The summed E-state index contributed by atoms with van der Waals surface area (Å²) < 4.78 is 16.4. The number of rotatable bonds is 9. The third kappa shape index (κ3) is 5.67. The molecule has 0 aliphatic heterocycles. The van der Waals surface area contributed by atoms with E-state index in [2.05, 4.69) is 5.32 Å². The fourth-order valence-electron chi connectivity index (χ4n) is 2.96. The van der Waals surface area contributed by atoms with Crippen LogP contribution in [0.1, 0.15) is 21.5 Å². The first-order valence-electron chi connectivity index (χ1n) is 9.56. The van der Waals surface area contributed by atoms with Crippen molar-refractivity contribution in [2.75, 3.05) is 20.8 Å². The fraction of sp³-hybridized carbons (Fsp3) is 0.208. The lowest BCUT2D eigenvalue weighted by atomic mass is 10.1. The lowest BCUT2D eigenvalue weighted by molar-refractivity contribution is 0.0954. The maximum atomic E-state index is 12.6. The lowest BCUT2D eigenvalue weighted by Gasteiger charge is -2.13. The second-order valence-corrected chi connectivity index (χ2v) is 7.01. The molecule has 1 N–H and O–H groups in total. The van der Waals surface area contributed by atoms with E-state index in [9.17, 15) is 4.79 Å². The largest absolute Gasteiger partial charge is 0.497 e. The summed E-state index contributed by atoms with van der Waals surface area (Å²) in [6, 6.07) is 20.3. The average molecular weight is 426 g/mol. The Morgan fingerprint density at radius 3 is 2.40 bits per heavy atom. The first-order chi connectivity index (χ1) is 14.6. The minimum atomic E-state index is -0.148. The van der Waals surface area contributed by atoms with E-state index in [1.165, 1.54) is 0 Å². The molecule has 3 rings (SSSR count). The zero-order valence-corrected chi connectivity index (χ0v) is 17.7. The van der Waals surface area contributed by atoms with Gasteiger partial charge in [0.2, 0.25) is 0 Å². The monoisotopic (exact) mass is 425 g/mol. The highest BCUT2D eigenvalue weighted by molar-refractivity contribution is 6.32. The molecule has 0 aliphatic carbocycles. The highest BCUT2D eigenvalue weighted by Crippen LogP contribution is 2.26. The number of hydrogen-bond donors (Lipinski definition) is 1. The van der Waals surface area contributed by atoms with Gasteiger partial charge in [-0.15, -0.1) is 0 Å². The van der Waals surface area contributed by atoms with Crippen LogP contribution < -0.4 is 19.5 Å². The number of halogens is 1. The third-order valence-electron chi connectivity index (χ3n) is 4.62. The molecule has 0 aromatic heterocycles. The molecule has 0 unspecified atom stereocenters. The van der Waals surface area contributed by atoms with Gasteiger partial charge in [0.25, 0.3) is 5.91 Å². The molecule has 0 bridgehead atoms. The van der Waals surface area contributed by atoms with E-state index < -0.39 is 0 Å². The number of hydrogen-bond acceptors (Lipinski definition) is 4. The fourth-order valence-corrected chi connectivity index (χ4v) is 3.15. The summed E-state index contributed by atoms with van der Waals surface area (Å²) in [7, 11) is 3.22. The Kier molecular flexibility index (Phi) is 7.57. The smallest absolute Gasteiger partial charge is 0.251 e. The maximum Gasteiger partial charge on any atom is 0.251 e. The summed E-state index contributed by atoms with van der Waals surface area (Å²) >= 11 is 6.14. The zero-order chi connectivity index (χ0) is 21.3. The van der Waals surface area contributed by atoms with Crippen LogP contribution in [0.2, 0.25) is 5.02 Å². The Morgan fingerprint density at radius 1 is 0.933 bits per heavy atom. The Balaban J connectivity index is 1.61. The molecule has 0 aliphatic rings. The summed E-state index contributed by atoms with van der Waals surface area (Å²) in [5.74, 6) is 1.89. The molecule has 3 aromatic rings. The number of methoxy groups -OCH3 is 2. The summed E-state index contributed by atoms with van der Waals surface area (Å²) in [6.45, 7) is 0.766. The normalized spacial score (nSPS) is 10.4. The van der Waals surface area contributed by atoms with Crippen molar-refractivity contribution in [3.63, 3.8) is 0 Å². The second-order valence-electron chi connectivity index (χ2n) is 6.60. The van der Waals surface area contributed by atoms with Gasteiger partial charge in [-0.1, -0.05) is 35.9 Å². The number of benzene rings is 3. The predicted molar refractivity (Wildman–Crippen MR) is 118 cm³/mol. The van der Waals surface area contributed by atoms with Gasteiger partial charge >= 0.3 is 0 Å². The van der Waals surface area contributed by atoms with Gasteiger partial charge in [0.1, 0.15) is 23.9 Å². The zero-order valence-electron chi connectivity index (χ0n) is 17.0. The quantitative estimate of drug-likeness (QED) is 0.529. The van der Waals surface area contributed by atoms with Crippen LogP contribution in [0.25, 0.3) is 0 Å². The molecule has 0 spiro atoms. The van der Waals surface area contributed by atoms with Crippen molar-refractivity contribution in [3.05, 3.63) is 88.4 Å².